The van der Waals surface area contributed by atoms with Crippen LogP contribution in [0.3, 0.4) is 0 Å². The summed E-state index contributed by atoms with van der Waals surface area (Å²) in [5.41, 5.74) is 7.77. The number of hydrogen-bond acceptors (Lipinski definition) is 3. The van der Waals surface area contributed by atoms with Crippen molar-refractivity contribution in [1.82, 2.24) is 14.9 Å². The van der Waals surface area contributed by atoms with Gasteiger partial charge < -0.3 is 19.5 Å². The van der Waals surface area contributed by atoms with Crippen molar-refractivity contribution in [3.63, 3.8) is 0 Å². The van der Waals surface area contributed by atoms with E-state index in [2.05, 4.69) is 59.8 Å². The lowest BCUT2D eigenvalue weighted by molar-refractivity contribution is 0.242. The molecule has 1 aliphatic rings. The zero-order valence-corrected chi connectivity index (χ0v) is 23.3. The second kappa shape index (κ2) is 10.2. The number of anilines is 1. The Balaban J connectivity index is 1.67. The van der Waals surface area contributed by atoms with Crippen LogP contribution in [0.5, 0.6) is 5.75 Å². The molecule has 0 aliphatic carbocycles. The van der Waals surface area contributed by atoms with Crippen molar-refractivity contribution in [2.75, 3.05) is 4.90 Å². The minimum atomic E-state index is -0.118. The average molecular weight is 531 g/mol. The first kappa shape index (κ1) is 25.3. The molecule has 2 aromatic heterocycles. The maximum Gasteiger partial charge on any atom is 0.174 e. The molecule has 5 nitrogen and oxygen atoms in total. The van der Waals surface area contributed by atoms with E-state index in [0.717, 1.165) is 28.5 Å². The first-order valence-corrected chi connectivity index (χ1v) is 13.3. The fourth-order valence-electron chi connectivity index (χ4n) is 5.33. The summed E-state index contributed by atoms with van der Waals surface area (Å²) in [6.45, 7) is 10.6. The van der Waals surface area contributed by atoms with Crippen LogP contribution in [0.15, 0.2) is 72.9 Å². The number of aromatic nitrogens is 2. The molecule has 0 radical (unpaired) electrons. The molecule has 5 rings (SSSR count). The summed E-state index contributed by atoms with van der Waals surface area (Å²) in [5, 5.41) is 4.96. The summed E-state index contributed by atoms with van der Waals surface area (Å²) in [6, 6.07) is 21.9. The molecule has 7 heteroatoms. The number of ether oxygens (including phenoxy) is 1. The Labute approximate surface area is 229 Å². The smallest absolute Gasteiger partial charge is 0.174 e. The fraction of sp³-hybridized carbons (Fsp3) is 0.267. The van der Waals surface area contributed by atoms with Crippen LogP contribution in [-0.2, 0) is 0 Å². The first-order valence-electron chi connectivity index (χ1n) is 12.5. The molecule has 2 aromatic carbocycles. The number of rotatable bonds is 6. The topological polar surface area (TPSA) is 42.3 Å². The van der Waals surface area contributed by atoms with Crippen LogP contribution in [-0.4, -0.2) is 20.8 Å². The largest absolute Gasteiger partial charge is 0.491 e. The van der Waals surface area contributed by atoms with Gasteiger partial charge in [0.05, 0.1) is 23.9 Å². The molecule has 4 aromatic rings. The van der Waals surface area contributed by atoms with E-state index >= 15 is 0 Å². The molecule has 0 saturated carbocycles. The van der Waals surface area contributed by atoms with Gasteiger partial charge in [0.1, 0.15) is 5.75 Å². The molecule has 0 bridgehead atoms. The van der Waals surface area contributed by atoms with Gasteiger partial charge in [0.15, 0.2) is 5.11 Å². The molecule has 1 N–H and O–H groups in total. The van der Waals surface area contributed by atoms with Gasteiger partial charge in [-0.05, 0) is 107 Å². The lowest BCUT2D eigenvalue weighted by atomic mass is 9.93. The maximum atomic E-state index is 6.38. The van der Waals surface area contributed by atoms with Gasteiger partial charge in [-0.25, -0.2) is 0 Å². The predicted molar refractivity (Wildman–Crippen MR) is 155 cm³/mol. The third-order valence-corrected chi connectivity index (χ3v) is 7.50. The molecule has 1 saturated heterocycles. The Morgan fingerprint density at radius 3 is 2.35 bits per heavy atom. The third kappa shape index (κ3) is 4.72. The summed E-state index contributed by atoms with van der Waals surface area (Å²) in [7, 11) is 0. The molecule has 190 valence electrons. The Morgan fingerprint density at radius 1 is 0.946 bits per heavy atom. The monoisotopic (exact) mass is 530 g/mol. The van der Waals surface area contributed by atoms with Crippen LogP contribution < -0.4 is 15.0 Å². The lowest BCUT2D eigenvalue weighted by Crippen LogP contribution is -2.29. The fourth-order valence-corrected chi connectivity index (χ4v) is 5.86. The van der Waals surface area contributed by atoms with Crippen molar-refractivity contribution in [3.05, 3.63) is 106 Å². The van der Waals surface area contributed by atoms with Crippen molar-refractivity contribution in [3.8, 4) is 11.4 Å². The van der Waals surface area contributed by atoms with Crippen molar-refractivity contribution in [2.45, 2.75) is 52.8 Å². The van der Waals surface area contributed by atoms with Crippen molar-refractivity contribution >= 4 is 34.6 Å². The average Bonchev–Trinajstić information content (AvgIpc) is 3.32. The van der Waals surface area contributed by atoms with Crippen LogP contribution >= 0.6 is 23.8 Å². The van der Waals surface area contributed by atoms with E-state index in [0.29, 0.717) is 10.1 Å². The quantitative estimate of drug-likeness (QED) is 0.263. The third-order valence-electron chi connectivity index (χ3n) is 6.95. The summed E-state index contributed by atoms with van der Waals surface area (Å²) >= 11 is 12.3. The van der Waals surface area contributed by atoms with Gasteiger partial charge in [0.25, 0.3) is 0 Å². The Hall–Kier alpha value is -3.35. The maximum absolute atomic E-state index is 6.38. The van der Waals surface area contributed by atoms with Gasteiger partial charge in [-0.2, -0.15) is 0 Å². The highest BCUT2D eigenvalue weighted by Gasteiger charge is 2.43. The molecule has 3 heterocycles. The van der Waals surface area contributed by atoms with E-state index in [-0.39, 0.29) is 18.2 Å². The second-order valence-corrected chi connectivity index (χ2v) is 10.5. The molecule has 2 unspecified atom stereocenters. The van der Waals surface area contributed by atoms with Gasteiger partial charge in [-0.1, -0.05) is 23.7 Å². The standard InChI is InChI=1S/C30H31ClN4OS/c1-18(2)36-25-14-12-23(13-15-25)35-29(28(33-30(35)37)26-11-6-7-16-32-26)27-19(3)20(4)34(21(27)5)24-10-8-9-22(31)17-24/h6-18,28-29H,1-5H3,(H,33,37). The van der Waals surface area contributed by atoms with Crippen LogP contribution in [0, 0.1) is 20.8 Å². The predicted octanol–water partition coefficient (Wildman–Crippen LogP) is 7.42. The van der Waals surface area contributed by atoms with Crippen LogP contribution in [0.2, 0.25) is 5.02 Å². The van der Waals surface area contributed by atoms with Crippen LogP contribution in [0.4, 0.5) is 5.69 Å². The normalized spacial score (nSPS) is 17.4. The Bertz CT molecular complexity index is 1430. The van der Waals surface area contributed by atoms with E-state index in [1.54, 1.807) is 0 Å². The van der Waals surface area contributed by atoms with E-state index < -0.39 is 0 Å². The number of thiocarbonyl (C=S) groups is 1. The molecule has 0 amide bonds. The highest BCUT2D eigenvalue weighted by Crippen LogP contribution is 2.45. The Kier molecular flexibility index (Phi) is 6.97. The van der Waals surface area contributed by atoms with Crippen molar-refractivity contribution in [2.24, 2.45) is 0 Å². The van der Waals surface area contributed by atoms with E-state index in [1.165, 1.54) is 16.8 Å². The highest BCUT2D eigenvalue weighted by atomic mass is 35.5. The molecule has 1 fully saturated rings. The zero-order valence-electron chi connectivity index (χ0n) is 21.7. The number of benzene rings is 2. The highest BCUT2D eigenvalue weighted by molar-refractivity contribution is 7.80. The number of nitrogens with zero attached hydrogens (tertiary/aromatic N) is 3. The molecular formula is C30H31ClN4OS. The summed E-state index contributed by atoms with van der Waals surface area (Å²) < 4.78 is 8.17. The number of halogens is 1. The second-order valence-electron chi connectivity index (χ2n) is 9.68. The zero-order chi connectivity index (χ0) is 26.3. The van der Waals surface area contributed by atoms with E-state index in [4.69, 9.17) is 33.5 Å². The van der Waals surface area contributed by atoms with E-state index in [1.807, 2.05) is 62.5 Å². The summed E-state index contributed by atoms with van der Waals surface area (Å²) in [6.07, 6.45) is 1.95. The van der Waals surface area contributed by atoms with Gasteiger partial charge in [-0.15, -0.1) is 0 Å². The minimum absolute atomic E-state index is 0.0987. The number of pyridine rings is 1. The van der Waals surface area contributed by atoms with E-state index in [9.17, 15) is 0 Å². The van der Waals surface area contributed by atoms with Gasteiger partial charge in [0, 0.05) is 39.5 Å². The molecule has 2 atom stereocenters. The molecule has 1 aliphatic heterocycles. The van der Waals surface area contributed by atoms with Crippen molar-refractivity contribution < 1.29 is 4.74 Å². The molecule has 37 heavy (non-hydrogen) atoms. The SMILES string of the molecule is Cc1c(C2C(c3ccccn3)NC(=S)N2c2ccc(OC(C)C)cc2)c(C)n(-c2cccc(Cl)c2)c1C. The summed E-state index contributed by atoms with van der Waals surface area (Å²) in [4.78, 5) is 6.92. The molecular weight excluding hydrogens is 500 g/mol. The first-order chi connectivity index (χ1) is 17.8. The number of hydrogen-bond donors (Lipinski definition) is 1. The lowest BCUT2D eigenvalue weighted by Gasteiger charge is -2.29. The van der Waals surface area contributed by atoms with Crippen LogP contribution in [0.1, 0.15) is 54.1 Å². The van der Waals surface area contributed by atoms with Gasteiger partial charge in [-0.3, -0.25) is 4.98 Å². The Morgan fingerprint density at radius 2 is 1.70 bits per heavy atom. The minimum Gasteiger partial charge on any atom is -0.491 e. The number of nitrogens with one attached hydrogen (secondary N) is 1. The molecule has 0 spiro atoms. The van der Waals surface area contributed by atoms with Crippen LogP contribution in [0.25, 0.3) is 5.69 Å². The van der Waals surface area contributed by atoms with Gasteiger partial charge >= 0.3 is 0 Å². The van der Waals surface area contributed by atoms with Crippen molar-refractivity contribution in [1.29, 1.82) is 0 Å². The van der Waals surface area contributed by atoms with Gasteiger partial charge in [0.2, 0.25) is 0 Å². The summed E-state index contributed by atoms with van der Waals surface area (Å²) in [5.74, 6) is 0.838.